The monoisotopic (exact) mass is 489 g/mol. The van der Waals surface area contributed by atoms with Gasteiger partial charge in [0, 0.05) is 48.7 Å². The number of nitrogens with one attached hydrogen (secondary N) is 1. The first-order chi connectivity index (χ1) is 18.0. The molecule has 0 spiro atoms. The topological polar surface area (TPSA) is 70.5 Å². The Morgan fingerprint density at radius 2 is 1.78 bits per heavy atom. The summed E-state index contributed by atoms with van der Waals surface area (Å²) in [4.78, 5) is 29.2. The molecule has 1 aliphatic rings. The zero-order valence-corrected chi connectivity index (χ0v) is 21.3. The predicted molar refractivity (Wildman–Crippen MR) is 149 cm³/mol. The van der Waals surface area contributed by atoms with Crippen molar-refractivity contribution < 1.29 is 4.79 Å². The fourth-order valence-electron chi connectivity index (χ4n) is 4.63. The summed E-state index contributed by atoms with van der Waals surface area (Å²) >= 11 is 0. The van der Waals surface area contributed by atoms with Crippen molar-refractivity contribution in [3.8, 4) is 11.1 Å². The Hall–Kier alpha value is -4.16. The average molecular weight is 490 g/mol. The summed E-state index contributed by atoms with van der Waals surface area (Å²) in [7, 11) is 4.09. The van der Waals surface area contributed by atoms with Crippen LogP contribution in [-0.2, 0) is 24.2 Å². The average Bonchev–Trinajstić information content (AvgIpc) is 3.12. The van der Waals surface area contributed by atoms with Crippen LogP contribution in [0.1, 0.15) is 34.4 Å². The lowest BCUT2D eigenvalue weighted by molar-refractivity contribution is -0.110. The van der Waals surface area contributed by atoms with Gasteiger partial charge in [0.2, 0.25) is 0 Å². The van der Waals surface area contributed by atoms with Gasteiger partial charge in [-0.25, -0.2) is 0 Å². The van der Waals surface area contributed by atoms with E-state index in [9.17, 15) is 4.79 Å². The van der Waals surface area contributed by atoms with Gasteiger partial charge >= 0.3 is 0 Å². The van der Waals surface area contributed by atoms with E-state index in [1.54, 1.807) is 6.20 Å². The molecule has 37 heavy (non-hydrogen) atoms. The number of anilines is 1. The van der Waals surface area contributed by atoms with Crippen molar-refractivity contribution in [2.45, 2.75) is 25.8 Å². The number of aryl methyl sites for hydroxylation is 1. The number of carbonyl (C=O) groups is 1. The third-order valence-corrected chi connectivity index (χ3v) is 6.39. The molecule has 3 heterocycles. The molecular formula is C31H31N5O. The summed E-state index contributed by atoms with van der Waals surface area (Å²) in [6, 6.07) is 22.6. The van der Waals surface area contributed by atoms with Crippen LogP contribution in [0.5, 0.6) is 0 Å². The van der Waals surface area contributed by atoms with E-state index in [1.807, 2.05) is 56.8 Å². The maximum absolute atomic E-state index is 13.4. The SMILES string of the molecule is CN(C)Cc1cncc(-c2ccc3c(c2)C(C(=O)Nc2ccc(Cc4ccccc4)nc2)=NCCC3)c1. The summed E-state index contributed by atoms with van der Waals surface area (Å²) in [5.74, 6) is -0.211. The van der Waals surface area contributed by atoms with E-state index >= 15 is 0 Å². The summed E-state index contributed by atoms with van der Waals surface area (Å²) in [5.41, 5.74) is 8.53. The highest BCUT2D eigenvalue weighted by atomic mass is 16.1. The number of benzene rings is 2. The second-order valence-corrected chi connectivity index (χ2v) is 9.68. The van der Waals surface area contributed by atoms with Crippen LogP contribution in [0.3, 0.4) is 0 Å². The molecule has 2 aromatic carbocycles. The second-order valence-electron chi connectivity index (χ2n) is 9.68. The summed E-state index contributed by atoms with van der Waals surface area (Å²) < 4.78 is 0. The molecular weight excluding hydrogens is 458 g/mol. The van der Waals surface area contributed by atoms with Crippen LogP contribution < -0.4 is 5.32 Å². The molecule has 0 saturated heterocycles. The van der Waals surface area contributed by atoms with E-state index < -0.39 is 0 Å². The Kier molecular flexibility index (Phi) is 7.47. The maximum atomic E-state index is 13.4. The van der Waals surface area contributed by atoms with Crippen molar-refractivity contribution in [3.63, 3.8) is 0 Å². The molecule has 5 rings (SSSR count). The number of rotatable bonds is 7. The minimum atomic E-state index is -0.211. The Morgan fingerprint density at radius 1 is 0.919 bits per heavy atom. The zero-order chi connectivity index (χ0) is 25.6. The number of carbonyl (C=O) groups excluding carboxylic acids is 1. The first kappa shape index (κ1) is 24.5. The lowest BCUT2D eigenvalue weighted by atomic mass is 9.94. The molecule has 6 nitrogen and oxygen atoms in total. The number of hydrogen-bond acceptors (Lipinski definition) is 5. The van der Waals surface area contributed by atoms with Crippen LogP contribution in [0.4, 0.5) is 5.69 Å². The van der Waals surface area contributed by atoms with Gasteiger partial charge in [0.05, 0.1) is 11.9 Å². The Bertz CT molecular complexity index is 1410. The molecule has 0 saturated carbocycles. The Balaban J connectivity index is 1.36. The van der Waals surface area contributed by atoms with Crippen molar-refractivity contribution in [2.75, 3.05) is 26.0 Å². The van der Waals surface area contributed by atoms with Gasteiger partial charge in [0.15, 0.2) is 0 Å². The minimum Gasteiger partial charge on any atom is -0.319 e. The second kappa shape index (κ2) is 11.3. The van der Waals surface area contributed by atoms with Crippen molar-refractivity contribution in [1.29, 1.82) is 0 Å². The molecule has 0 atom stereocenters. The van der Waals surface area contributed by atoms with Gasteiger partial charge < -0.3 is 10.2 Å². The zero-order valence-electron chi connectivity index (χ0n) is 21.3. The summed E-state index contributed by atoms with van der Waals surface area (Å²) in [6.07, 6.45) is 8.04. The van der Waals surface area contributed by atoms with Crippen molar-refractivity contribution in [2.24, 2.45) is 4.99 Å². The molecule has 2 aromatic heterocycles. The molecule has 6 heteroatoms. The number of hydrogen-bond donors (Lipinski definition) is 1. The highest BCUT2D eigenvalue weighted by Crippen LogP contribution is 2.26. The van der Waals surface area contributed by atoms with Gasteiger partial charge in [-0.05, 0) is 73.5 Å². The number of nitrogens with zero attached hydrogens (tertiary/aromatic N) is 4. The fraction of sp³-hybridized carbons (Fsp3) is 0.226. The minimum absolute atomic E-state index is 0.211. The van der Waals surface area contributed by atoms with E-state index in [-0.39, 0.29) is 5.91 Å². The third kappa shape index (κ3) is 6.16. The molecule has 0 radical (unpaired) electrons. The molecule has 186 valence electrons. The van der Waals surface area contributed by atoms with Crippen LogP contribution in [0.15, 0.2) is 90.3 Å². The molecule has 0 fully saturated rings. The fourth-order valence-corrected chi connectivity index (χ4v) is 4.63. The highest BCUT2D eigenvalue weighted by molar-refractivity contribution is 6.49. The first-order valence-corrected chi connectivity index (χ1v) is 12.6. The van der Waals surface area contributed by atoms with Gasteiger partial charge in [0.1, 0.15) is 5.71 Å². The van der Waals surface area contributed by atoms with Gasteiger partial charge in [-0.3, -0.25) is 19.8 Å². The molecule has 1 N–H and O–H groups in total. The molecule has 1 aliphatic heterocycles. The maximum Gasteiger partial charge on any atom is 0.274 e. The van der Waals surface area contributed by atoms with Crippen LogP contribution >= 0.6 is 0 Å². The van der Waals surface area contributed by atoms with Crippen LogP contribution in [0.2, 0.25) is 0 Å². The standard InChI is InChI=1S/C31H31N5O/c1-36(2)21-23-15-26(19-32-18-23)25-11-10-24-9-6-14-33-30(29(24)17-25)31(37)35-28-13-12-27(34-20-28)16-22-7-4-3-5-8-22/h3-5,7-8,10-13,15,17-20H,6,9,14,16,21H2,1-2H3,(H,35,37). The highest BCUT2D eigenvalue weighted by Gasteiger charge is 2.21. The summed E-state index contributed by atoms with van der Waals surface area (Å²) in [5, 5.41) is 3.01. The molecule has 0 bridgehead atoms. The number of amides is 1. The molecule has 0 aliphatic carbocycles. The molecule has 1 amide bonds. The number of aliphatic imine (C=N–C) groups is 1. The molecule has 4 aromatic rings. The van der Waals surface area contributed by atoms with Crippen molar-refractivity contribution in [3.05, 3.63) is 113 Å². The van der Waals surface area contributed by atoms with Crippen molar-refractivity contribution in [1.82, 2.24) is 14.9 Å². The van der Waals surface area contributed by atoms with Gasteiger partial charge in [-0.2, -0.15) is 0 Å². The smallest absolute Gasteiger partial charge is 0.274 e. The van der Waals surface area contributed by atoms with Crippen LogP contribution in [0, 0.1) is 0 Å². The van der Waals surface area contributed by atoms with E-state index in [4.69, 9.17) is 0 Å². The van der Waals surface area contributed by atoms with E-state index in [0.29, 0.717) is 17.9 Å². The number of fused-ring (bicyclic) bond motifs is 1. The number of aromatic nitrogens is 2. The van der Waals surface area contributed by atoms with Gasteiger partial charge in [-0.15, -0.1) is 0 Å². The van der Waals surface area contributed by atoms with Crippen LogP contribution in [0.25, 0.3) is 11.1 Å². The van der Waals surface area contributed by atoms with Gasteiger partial charge in [-0.1, -0.05) is 42.5 Å². The quantitative estimate of drug-likeness (QED) is 0.389. The summed E-state index contributed by atoms with van der Waals surface area (Å²) in [6.45, 7) is 1.44. The number of pyridine rings is 2. The Morgan fingerprint density at radius 3 is 2.57 bits per heavy atom. The Labute approximate surface area is 218 Å². The van der Waals surface area contributed by atoms with Crippen LogP contribution in [-0.4, -0.2) is 47.1 Å². The van der Waals surface area contributed by atoms with E-state index in [0.717, 1.165) is 59.3 Å². The third-order valence-electron chi connectivity index (χ3n) is 6.39. The lowest BCUT2D eigenvalue weighted by Crippen LogP contribution is -2.25. The van der Waals surface area contributed by atoms with Crippen molar-refractivity contribution >= 4 is 17.3 Å². The normalized spacial score (nSPS) is 13.0. The van der Waals surface area contributed by atoms with E-state index in [1.165, 1.54) is 5.56 Å². The lowest BCUT2D eigenvalue weighted by Gasteiger charge is -2.14. The molecule has 0 unspecified atom stereocenters. The van der Waals surface area contributed by atoms with Gasteiger partial charge in [0.25, 0.3) is 5.91 Å². The predicted octanol–water partition coefficient (Wildman–Crippen LogP) is 5.17. The largest absolute Gasteiger partial charge is 0.319 e. The first-order valence-electron chi connectivity index (χ1n) is 12.6. The van der Waals surface area contributed by atoms with E-state index in [2.05, 4.69) is 61.6 Å².